The first-order valence-corrected chi connectivity index (χ1v) is 7.91. The van der Waals surface area contributed by atoms with Crippen molar-refractivity contribution in [2.75, 3.05) is 0 Å². The molecule has 1 aliphatic rings. The third-order valence-electron chi connectivity index (χ3n) is 3.85. The number of fused-ring (bicyclic) bond motifs is 3. The second-order valence-corrected chi connectivity index (χ2v) is 6.15. The van der Waals surface area contributed by atoms with E-state index in [1.165, 1.54) is 0 Å². The minimum atomic E-state index is 0. The monoisotopic (exact) mass is 422 g/mol. The second kappa shape index (κ2) is 6.67. The van der Waals surface area contributed by atoms with E-state index < -0.39 is 0 Å². The van der Waals surface area contributed by atoms with Crippen LogP contribution < -0.4 is 0 Å². The summed E-state index contributed by atoms with van der Waals surface area (Å²) in [4.78, 5) is 4.74. The summed E-state index contributed by atoms with van der Waals surface area (Å²) in [5.74, 6) is 1.62. The lowest BCUT2D eigenvalue weighted by atomic mass is 10.0. The van der Waals surface area contributed by atoms with Gasteiger partial charge in [0.2, 0.25) is 0 Å². The highest BCUT2D eigenvalue weighted by Crippen LogP contribution is 2.30. The van der Waals surface area contributed by atoms with E-state index in [9.17, 15) is 0 Å². The van der Waals surface area contributed by atoms with Crippen molar-refractivity contribution in [1.29, 1.82) is 0 Å². The zero-order valence-corrected chi connectivity index (χ0v) is 15.9. The largest absolute Gasteiger partial charge is 0.281 e. The van der Waals surface area contributed by atoms with Crippen LogP contribution in [0.15, 0.2) is 47.5 Å². The van der Waals surface area contributed by atoms with Crippen molar-refractivity contribution in [2.24, 2.45) is 4.99 Å². The maximum atomic E-state index is 6.39. The summed E-state index contributed by atoms with van der Waals surface area (Å²) < 4.78 is 2.01. The maximum Gasteiger partial charge on any atom is 0.159 e. The van der Waals surface area contributed by atoms with E-state index in [0.29, 0.717) is 16.6 Å². The molecule has 122 valence electrons. The average Bonchev–Trinajstić information content (AvgIpc) is 2.82. The van der Waals surface area contributed by atoms with Crippen LogP contribution in [0.3, 0.4) is 0 Å². The Morgan fingerprint density at radius 2 is 1.79 bits per heavy atom. The van der Waals surface area contributed by atoms with Gasteiger partial charge in [0.05, 0.1) is 11.4 Å². The molecular weight excluding hydrogens is 411 g/mol. The number of aromatic nitrogens is 3. The van der Waals surface area contributed by atoms with Crippen LogP contribution in [0.2, 0.25) is 10.0 Å². The Labute approximate surface area is 159 Å². The number of halogens is 3. The van der Waals surface area contributed by atoms with Crippen LogP contribution in [-0.2, 0) is 6.54 Å². The smallest absolute Gasteiger partial charge is 0.159 e. The number of benzene rings is 2. The lowest BCUT2D eigenvalue weighted by Gasteiger charge is -2.13. The van der Waals surface area contributed by atoms with Crippen LogP contribution in [0.1, 0.15) is 22.8 Å². The molecule has 2 heterocycles. The summed E-state index contributed by atoms with van der Waals surface area (Å²) in [7, 11) is 0. The molecule has 3 aromatic rings. The molecule has 0 unspecified atom stereocenters. The molecule has 0 N–H and O–H groups in total. The molecule has 4 nitrogen and oxygen atoms in total. The number of rotatable bonds is 1. The Morgan fingerprint density at radius 3 is 2.58 bits per heavy atom. The summed E-state index contributed by atoms with van der Waals surface area (Å²) in [5.41, 5.74) is 3.59. The van der Waals surface area contributed by atoms with Crippen molar-refractivity contribution in [3.8, 4) is 5.69 Å². The van der Waals surface area contributed by atoms with Gasteiger partial charge >= 0.3 is 0 Å². The quantitative estimate of drug-likeness (QED) is 0.563. The third-order valence-corrected chi connectivity index (χ3v) is 4.42. The molecule has 1 aromatic heterocycles. The van der Waals surface area contributed by atoms with E-state index in [1.807, 2.05) is 54.0 Å². The lowest BCUT2D eigenvalue weighted by molar-refractivity contribution is 0.862. The van der Waals surface area contributed by atoms with Crippen LogP contribution >= 0.6 is 40.2 Å². The van der Waals surface area contributed by atoms with Gasteiger partial charge in [-0.1, -0.05) is 41.4 Å². The standard InChI is InChI=1S/C17H12Cl2N4.BrH/c1-10-21-22-16-9-20-17(12-4-2-3-5-14(12)19)13-8-11(18)6-7-15(13)23(10)16;/h2-8H,9H2,1H3;1H. The fourth-order valence-corrected chi connectivity index (χ4v) is 3.23. The first-order valence-electron chi connectivity index (χ1n) is 7.15. The predicted molar refractivity (Wildman–Crippen MR) is 102 cm³/mol. The van der Waals surface area contributed by atoms with E-state index in [2.05, 4.69) is 10.2 Å². The van der Waals surface area contributed by atoms with E-state index in [4.69, 9.17) is 28.2 Å². The normalized spacial score (nSPS) is 12.5. The summed E-state index contributed by atoms with van der Waals surface area (Å²) in [6.07, 6.45) is 0. The number of aryl methyl sites for hydroxylation is 1. The zero-order valence-electron chi connectivity index (χ0n) is 12.7. The minimum Gasteiger partial charge on any atom is -0.281 e. The molecule has 1 aliphatic heterocycles. The molecule has 0 radical (unpaired) electrons. The van der Waals surface area contributed by atoms with E-state index in [0.717, 1.165) is 34.2 Å². The molecule has 0 spiro atoms. The third kappa shape index (κ3) is 2.77. The molecule has 0 aliphatic carbocycles. The molecule has 0 amide bonds. The topological polar surface area (TPSA) is 43.1 Å². The Hall–Kier alpha value is -1.69. The Balaban J connectivity index is 0.00000169. The minimum absolute atomic E-state index is 0. The second-order valence-electron chi connectivity index (χ2n) is 5.31. The molecule has 7 heteroatoms. The number of hydrogen-bond acceptors (Lipinski definition) is 3. The molecule has 0 saturated heterocycles. The van der Waals surface area contributed by atoms with Crippen LogP contribution in [0.4, 0.5) is 0 Å². The van der Waals surface area contributed by atoms with Gasteiger partial charge in [0.15, 0.2) is 5.82 Å². The number of nitrogens with zero attached hydrogens (tertiary/aromatic N) is 4. The highest BCUT2D eigenvalue weighted by atomic mass is 79.9. The Morgan fingerprint density at radius 1 is 1.00 bits per heavy atom. The predicted octanol–water partition coefficient (Wildman–Crippen LogP) is 4.81. The first-order chi connectivity index (χ1) is 11.1. The van der Waals surface area contributed by atoms with Gasteiger partial charge in [-0.2, -0.15) is 0 Å². The van der Waals surface area contributed by atoms with Crippen molar-refractivity contribution >= 4 is 45.9 Å². The first kappa shape index (κ1) is 17.1. The molecule has 0 bridgehead atoms. The van der Waals surface area contributed by atoms with Gasteiger partial charge in [-0.25, -0.2) is 0 Å². The molecule has 4 rings (SSSR count). The van der Waals surface area contributed by atoms with Crippen molar-refractivity contribution in [2.45, 2.75) is 13.5 Å². The summed E-state index contributed by atoms with van der Waals surface area (Å²) in [6.45, 7) is 2.36. The van der Waals surface area contributed by atoms with Crippen LogP contribution in [0.25, 0.3) is 5.69 Å². The van der Waals surface area contributed by atoms with Gasteiger partial charge in [0.25, 0.3) is 0 Å². The molecule has 2 aromatic carbocycles. The van der Waals surface area contributed by atoms with Gasteiger partial charge in [-0.15, -0.1) is 27.2 Å². The van der Waals surface area contributed by atoms with E-state index in [1.54, 1.807) is 0 Å². The summed E-state index contributed by atoms with van der Waals surface area (Å²) >= 11 is 12.6. The fourth-order valence-electron chi connectivity index (χ4n) is 2.83. The van der Waals surface area contributed by atoms with E-state index in [-0.39, 0.29) is 17.0 Å². The van der Waals surface area contributed by atoms with Gasteiger partial charge < -0.3 is 0 Å². The van der Waals surface area contributed by atoms with Crippen molar-refractivity contribution in [3.05, 3.63) is 75.3 Å². The Kier molecular flexibility index (Phi) is 4.76. The molecule has 24 heavy (non-hydrogen) atoms. The van der Waals surface area contributed by atoms with Crippen LogP contribution in [0.5, 0.6) is 0 Å². The van der Waals surface area contributed by atoms with E-state index >= 15 is 0 Å². The van der Waals surface area contributed by atoms with Gasteiger partial charge in [-0.3, -0.25) is 9.56 Å². The van der Waals surface area contributed by atoms with Crippen molar-refractivity contribution in [3.63, 3.8) is 0 Å². The molecule has 0 saturated carbocycles. The van der Waals surface area contributed by atoms with Crippen LogP contribution in [-0.4, -0.2) is 20.5 Å². The highest BCUT2D eigenvalue weighted by Gasteiger charge is 2.22. The summed E-state index contributed by atoms with van der Waals surface area (Å²) in [6, 6.07) is 13.4. The average molecular weight is 424 g/mol. The van der Waals surface area contributed by atoms with Crippen molar-refractivity contribution < 1.29 is 0 Å². The lowest BCUT2D eigenvalue weighted by Crippen LogP contribution is -2.08. The maximum absolute atomic E-state index is 6.39. The van der Waals surface area contributed by atoms with Gasteiger partial charge in [0, 0.05) is 21.2 Å². The highest BCUT2D eigenvalue weighted by molar-refractivity contribution is 8.93. The number of hydrogen-bond donors (Lipinski definition) is 0. The van der Waals surface area contributed by atoms with Gasteiger partial charge in [0.1, 0.15) is 12.4 Å². The number of aliphatic imine (C=N–C) groups is 1. The molecule has 0 fully saturated rings. The summed E-state index contributed by atoms with van der Waals surface area (Å²) in [5, 5.41) is 9.70. The molecule has 0 atom stereocenters. The van der Waals surface area contributed by atoms with Crippen molar-refractivity contribution in [1.82, 2.24) is 14.8 Å². The zero-order chi connectivity index (χ0) is 16.0. The van der Waals surface area contributed by atoms with Crippen LogP contribution in [0, 0.1) is 6.92 Å². The Bertz CT molecular complexity index is 950. The fraction of sp³-hybridized carbons (Fsp3) is 0.118. The molecular formula is C17H13BrCl2N4. The van der Waals surface area contributed by atoms with Gasteiger partial charge in [-0.05, 0) is 31.2 Å². The SMILES string of the molecule is Br.Cc1nnc2n1-c1ccc(Cl)cc1C(c1ccccc1Cl)=NC2.